The number of rotatable bonds is 6. The average molecular weight is 418 g/mol. The maximum atomic E-state index is 12.8. The Balaban J connectivity index is 1.52. The van der Waals surface area contributed by atoms with Gasteiger partial charge in [0.05, 0.1) is 5.69 Å². The molecule has 0 bridgehead atoms. The van der Waals surface area contributed by atoms with E-state index < -0.39 is 0 Å². The number of likely N-dealkylation sites (N-methyl/N-ethyl adjacent to an activating group) is 1. The first-order valence-corrected chi connectivity index (χ1v) is 10.5. The van der Waals surface area contributed by atoms with Crippen molar-refractivity contribution < 1.29 is 4.79 Å². The minimum absolute atomic E-state index is 0.0610. The number of pyridine rings is 1. The lowest BCUT2D eigenvalue weighted by Crippen LogP contribution is -2.27. The van der Waals surface area contributed by atoms with Gasteiger partial charge in [0.2, 0.25) is 11.9 Å². The first-order chi connectivity index (χ1) is 14.9. The number of hydrogen-bond donors (Lipinski definition) is 1. The van der Waals surface area contributed by atoms with Gasteiger partial charge in [-0.05, 0) is 43.2 Å². The van der Waals surface area contributed by atoms with Gasteiger partial charge in [-0.1, -0.05) is 18.2 Å². The first kappa shape index (κ1) is 20.8. The third-order valence-corrected chi connectivity index (χ3v) is 5.95. The molecular weight excluding hydrogens is 390 g/mol. The Morgan fingerprint density at radius 3 is 2.77 bits per heavy atom. The second-order valence-corrected chi connectivity index (χ2v) is 8.11. The Labute approximate surface area is 181 Å². The van der Waals surface area contributed by atoms with Crippen molar-refractivity contribution in [2.24, 2.45) is 0 Å². The molecule has 0 unspecified atom stereocenters. The van der Waals surface area contributed by atoms with E-state index in [1.165, 1.54) is 6.07 Å². The summed E-state index contributed by atoms with van der Waals surface area (Å²) in [6, 6.07) is 13.3. The van der Waals surface area contributed by atoms with Gasteiger partial charge in [0, 0.05) is 62.5 Å². The molecule has 2 aromatic heterocycles. The Hall–Kier alpha value is -3.48. The third kappa shape index (κ3) is 4.50. The Bertz CT molecular complexity index is 1140. The molecule has 3 heterocycles. The molecule has 0 radical (unpaired) electrons. The maximum absolute atomic E-state index is 12.8. The van der Waals surface area contributed by atoms with Crippen LogP contribution in [0.3, 0.4) is 0 Å². The lowest BCUT2D eigenvalue weighted by Gasteiger charge is -2.21. The van der Waals surface area contributed by atoms with Gasteiger partial charge in [-0.15, -0.1) is 0 Å². The van der Waals surface area contributed by atoms with Crippen LogP contribution in [0.1, 0.15) is 34.9 Å². The molecule has 1 atom stereocenters. The van der Waals surface area contributed by atoms with Crippen LogP contribution in [0, 0.1) is 13.8 Å². The molecule has 7 nitrogen and oxygen atoms in total. The van der Waals surface area contributed by atoms with Crippen LogP contribution in [0.25, 0.3) is 0 Å². The van der Waals surface area contributed by atoms with Crippen molar-refractivity contribution in [3.63, 3.8) is 0 Å². The molecule has 0 saturated carbocycles. The molecule has 1 fully saturated rings. The molecule has 1 aromatic carbocycles. The van der Waals surface area contributed by atoms with E-state index >= 15 is 0 Å². The summed E-state index contributed by atoms with van der Waals surface area (Å²) in [5, 5.41) is 0. The third-order valence-electron chi connectivity index (χ3n) is 5.95. The summed E-state index contributed by atoms with van der Waals surface area (Å²) in [6.07, 6.45) is 2.86. The van der Waals surface area contributed by atoms with Gasteiger partial charge in [-0.25, -0.2) is 4.98 Å². The molecule has 1 amide bonds. The topological polar surface area (TPSA) is 82.2 Å². The first-order valence-electron chi connectivity index (χ1n) is 10.5. The monoisotopic (exact) mass is 417 g/mol. The number of aryl methyl sites for hydroxylation is 1. The van der Waals surface area contributed by atoms with Crippen molar-refractivity contribution >= 4 is 17.5 Å². The van der Waals surface area contributed by atoms with Crippen LogP contribution >= 0.6 is 0 Å². The van der Waals surface area contributed by atoms with Gasteiger partial charge in [-0.2, -0.15) is 0 Å². The van der Waals surface area contributed by atoms with Crippen molar-refractivity contribution in [1.82, 2.24) is 15.0 Å². The van der Waals surface area contributed by atoms with E-state index in [1.807, 2.05) is 67.1 Å². The molecule has 0 aliphatic carbocycles. The van der Waals surface area contributed by atoms with Gasteiger partial charge >= 0.3 is 0 Å². The number of nitrogens with zero attached hydrogens (tertiary/aromatic N) is 4. The molecule has 4 rings (SSSR count). The normalized spacial score (nSPS) is 16.0. The number of carbonyl (C=O) groups excluding carboxylic acids is 1. The Kier molecular flexibility index (Phi) is 5.84. The summed E-state index contributed by atoms with van der Waals surface area (Å²) in [4.78, 5) is 40.7. The molecule has 3 aromatic rings. The summed E-state index contributed by atoms with van der Waals surface area (Å²) in [5.41, 5.74) is 4.63. The van der Waals surface area contributed by atoms with E-state index in [2.05, 4.69) is 9.97 Å². The standard InChI is InChI=1S/C24H27N5O2/c1-16-7-6-9-21(17(16)2)29-15-18(13-23(29)31)20-14-22(30)27-24(26-20)28(3)12-10-19-8-4-5-11-25-19/h4-9,11,14,18H,10,12-13,15H2,1-3H3,(H,26,27,30)/t18-/m1/s1. The van der Waals surface area contributed by atoms with Crippen LogP contribution in [0.15, 0.2) is 53.5 Å². The summed E-state index contributed by atoms with van der Waals surface area (Å²) in [7, 11) is 1.90. The van der Waals surface area contributed by atoms with Crippen molar-refractivity contribution in [3.05, 3.63) is 81.5 Å². The highest BCUT2D eigenvalue weighted by molar-refractivity contribution is 5.97. The zero-order chi connectivity index (χ0) is 22.0. The molecular formula is C24H27N5O2. The van der Waals surface area contributed by atoms with Gasteiger partial charge in [0.1, 0.15) is 0 Å². The average Bonchev–Trinajstić information content (AvgIpc) is 3.15. The van der Waals surface area contributed by atoms with Crippen molar-refractivity contribution in [2.45, 2.75) is 32.6 Å². The number of aromatic nitrogens is 3. The summed E-state index contributed by atoms with van der Waals surface area (Å²) < 4.78 is 0. The van der Waals surface area contributed by atoms with E-state index in [0.29, 0.717) is 31.2 Å². The number of nitrogens with one attached hydrogen (secondary N) is 1. The number of anilines is 2. The largest absolute Gasteiger partial charge is 0.345 e. The van der Waals surface area contributed by atoms with Crippen LogP contribution < -0.4 is 15.4 Å². The number of aromatic amines is 1. The van der Waals surface area contributed by atoms with Crippen LogP contribution in [-0.4, -0.2) is 41.0 Å². The fourth-order valence-corrected chi connectivity index (χ4v) is 3.95. The van der Waals surface area contributed by atoms with Crippen LogP contribution in [0.2, 0.25) is 0 Å². The van der Waals surface area contributed by atoms with Crippen molar-refractivity contribution in [1.29, 1.82) is 0 Å². The highest BCUT2D eigenvalue weighted by Crippen LogP contribution is 2.33. The fourth-order valence-electron chi connectivity index (χ4n) is 3.95. The Morgan fingerprint density at radius 1 is 1.16 bits per heavy atom. The molecule has 1 aliphatic heterocycles. The van der Waals surface area contributed by atoms with Crippen molar-refractivity contribution in [3.8, 4) is 0 Å². The number of hydrogen-bond acceptors (Lipinski definition) is 5. The van der Waals surface area contributed by atoms with Crippen LogP contribution in [0.5, 0.6) is 0 Å². The highest BCUT2D eigenvalue weighted by Gasteiger charge is 2.33. The highest BCUT2D eigenvalue weighted by atomic mass is 16.2. The maximum Gasteiger partial charge on any atom is 0.252 e. The minimum atomic E-state index is -0.206. The van der Waals surface area contributed by atoms with E-state index in [1.54, 1.807) is 6.20 Å². The molecule has 31 heavy (non-hydrogen) atoms. The van der Waals surface area contributed by atoms with Gasteiger partial charge in [-0.3, -0.25) is 19.6 Å². The van der Waals surface area contributed by atoms with E-state index in [-0.39, 0.29) is 17.4 Å². The lowest BCUT2D eigenvalue weighted by atomic mass is 10.0. The number of benzene rings is 1. The smallest absolute Gasteiger partial charge is 0.252 e. The molecule has 1 saturated heterocycles. The van der Waals surface area contributed by atoms with Crippen molar-refractivity contribution in [2.75, 3.05) is 29.9 Å². The predicted octanol–water partition coefficient (Wildman–Crippen LogP) is 2.98. The number of carbonyl (C=O) groups is 1. The van der Waals surface area contributed by atoms with Gasteiger partial charge in [0.25, 0.3) is 5.56 Å². The van der Waals surface area contributed by atoms with E-state index in [4.69, 9.17) is 4.98 Å². The molecule has 1 N–H and O–H groups in total. The second-order valence-electron chi connectivity index (χ2n) is 8.11. The minimum Gasteiger partial charge on any atom is -0.345 e. The Morgan fingerprint density at radius 2 is 2.00 bits per heavy atom. The SMILES string of the molecule is Cc1cccc(N2C[C@H](c3cc(=O)[nH]c(N(C)CCc4ccccn4)n3)CC2=O)c1C. The fraction of sp³-hybridized carbons (Fsp3) is 0.333. The summed E-state index contributed by atoms with van der Waals surface area (Å²) in [5.74, 6) is 0.458. The van der Waals surface area contributed by atoms with Gasteiger partial charge in [0.15, 0.2) is 0 Å². The van der Waals surface area contributed by atoms with Gasteiger partial charge < -0.3 is 9.80 Å². The summed E-state index contributed by atoms with van der Waals surface area (Å²) in [6.45, 7) is 5.27. The molecule has 0 spiro atoms. The zero-order valence-corrected chi connectivity index (χ0v) is 18.1. The number of H-pyrrole nitrogens is 1. The lowest BCUT2D eigenvalue weighted by molar-refractivity contribution is -0.117. The van der Waals surface area contributed by atoms with Crippen LogP contribution in [-0.2, 0) is 11.2 Å². The second kappa shape index (κ2) is 8.71. The van der Waals surface area contributed by atoms with E-state index in [0.717, 1.165) is 28.9 Å². The molecule has 7 heteroatoms. The van der Waals surface area contributed by atoms with Crippen LogP contribution in [0.4, 0.5) is 11.6 Å². The van der Waals surface area contributed by atoms with E-state index in [9.17, 15) is 9.59 Å². The molecule has 1 aliphatic rings. The quantitative estimate of drug-likeness (QED) is 0.667. The zero-order valence-electron chi connectivity index (χ0n) is 18.1. The predicted molar refractivity (Wildman–Crippen MR) is 122 cm³/mol. The summed E-state index contributed by atoms with van der Waals surface area (Å²) >= 11 is 0. The number of amides is 1. The molecule has 160 valence electrons.